The van der Waals surface area contributed by atoms with Crippen LogP contribution in [0.5, 0.6) is 5.75 Å². The number of carbonyl (C=O) groups is 1. The highest BCUT2D eigenvalue weighted by Crippen LogP contribution is 2.45. The molecule has 12 nitrogen and oxygen atoms in total. The molecule has 0 spiro atoms. The van der Waals surface area contributed by atoms with Gasteiger partial charge < -0.3 is 14.0 Å². The van der Waals surface area contributed by atoms with Crippen LogP contribution in [0.1, 0.15) is 39.3 Å². The zero-order valence-corrected chi connectivity index (χ0v) is 25.6. The SMILES string of the molecule is C[C@@H](c1nc(-c2ccc(C#N)cc2)cs1)C(Cn1cncn1)(OCOC(=O)c1ccccc1OP(=O)(O)O)c1ccc(F)cc1F. The van der Waals surface area contributed by atoms with Crippen LogP contribution in [0.15, 0.2) is 84.8 Å². The minimum atomic E-state index is -5.01. The second kappa shape index (κ2) is 13.7. The van der Waals surface area contributed by atoms with Crippen molar-refractivity contribution < 1.29 is 41.9 Å². The number of nitriles is 1. The summed E-state index contributed by atoms with van der Waals surface area (Å²) >= 11 is 1.25. The Morgan fingerprint density at radius 3 is 2.59 bits per heavy atom. The summed E-state index contributed by atoms with van der Waals surface area (Å²) in [5, 5.41) is 15.5. The molecule has 1 unspecified atom stereocenters. The number of hydrogen-bond donors (Lipinski definition) is 2. The number of esters is 1. The third-order valence-electron chi connectivity index (χ3n) is 6.98. The van der Waals surface area contributed by atoms with E-state index in [1.807, 2.05) is 0 Å². The molecule has 0 aliphatic heterocycles. The zero-order valence-electron chi connectivity index (χ0n) is 23.9. The molecule has 46 heavy (non-hydrogen) atoms. The van der Waals surface area contributed by atoms with E-state index in [1.165, 1.54) is 59.0 Å². The second-order valence-corrected chi connectivity index (χ2v) is 11.9. The van der Waals surface area contributed by atoms with Gasteiger partial charge in [-0.15, -0.1) is 11.3 Å². The number of phosphoric acid groups is 1. The third kappa shape index (κ3) is 7.34. The van der Waals surface area contributed by atoms with Gasteiger partial charge in [0.2, 0.25) is 0 Å². The van der Waals surface area contributed by atoms with Crippen molar-refractivity contribution in [2.75, 3.05) is 6.79 Å². The first kappa shape index (κ1) is 32.6. The monoisotopic (exact) mass is 667 g/mol. The molecule has 3 aromatic carbocycles. The second-order valence-electron chi connectivity index (χ2n) is 9.86. The molecule has 236 valence electrons. The van der Waals surface area contributed by atoms with Gasteiger partial charge in [-0.05, 0) is 30.3 Å². The third-order valence-corrected chi connectivity index (χ3v) is 8.44. The van der Waals surface area contributed by atoms with Crippen LogP contribution < -0.4 is 4.52 Å². The molecule has 0 aliphatic rings. The summed E-state index contributed by atoms with van der Waals surface area (Å²) in [6, 6.07) is 17.1. The minimum absolute atomic E-state index is 0.0895. The lowest BCUT2D eigenvalue weighted by Crippen LogP contribution is -2.42. The number of aromatic nitrogens is 4. The maximum absolute atomic E-state index is 15.6. The number of ether oxygens (including phenoxy) is 2. The molecule has 16 heteroatoms. The van der Waals surface area contributed by atoms with E-state index in [1.54, 1.807) is 36.6 Å². The first-order valence-electron chi connectivity index (χ1n) is 13.4. The molecule has 5 rings (SSSR count). The first-order chi connectivity index (χ1) is 22.0. The van der Waals surface area contributed by atoms with Crippen LogP contribution in [0.4, 0.5) is 8.78 Å². The number of thiazole rings is 1. The highest BCUT2D eigenvalue weighted by Gasteiger charge is 2.45. The van der Waals surface area contributed by atoms with Crippen LogP contribution in [0.2, 0.25) is 0 Å². The van der Waals surface area contributed by atoms with Gasteiger partial charge in [-0.3, -0.25) is 9.79 Å². The van der Waals surface area contributed by atoms with Crippen molar-refractivity contribution in [2.45, 2.75) is 25.0 Å². The Morgan fingerprint density at radius 1 is 1.15 bits per heavy atom. The number of benzene rings is 3. The smallest absolute Gasteiger partial charge is 0.435 e. The van der Waals surface area contributed by atoms with Gasteiger partial charge in [0.15, 0.2) is 6.79 Å². The van der Waals surface area contributed by atoms with Crippen molar-refractivity contribution in [1.82, 2.24) is 19.7 Å². The molecule has 0 saturated heterocycles. The summed E-state index contributed by atoms with van der Waals surface area (Å²) in [4.78, 5) is 40.2. The largest absolute Gasteiger partial charge is 0.524 e. The molecule has 0 bridgehead atoms. The predicted molar refractivity (Wildman–Crippen MR) is 159 cm³/mol. The summed E-state index contributed by atoms with van der Waals surface area (Å²) in [5.41, 5.74) is -0.330. The van der Waals surface area contributed by atoms with Crippen molar-refractivity contribution in [2.24, 2.45) is 0 Å². The van der Waals surface area contributed by atoms with Crippen molar-refractivity contribution in [3.63, 3.8) is 0 Å². The zero-order chi connectivity index (χ0) is 32.9. The van der Waals surface area contributed by atoms with E-state index >= 15 is 4.39 Å². The average Bonchev–Trinajstić information content (AvgIpc) is 3.73. The van der Waals surface area contributed by atoms with Gasteiger partial charge in [0.25, 0.3) is 0 Å². The van der Waals surface area contributed by atoms with E-state index < -0.39 is 49.5 Å². The Labute approximate surface area is 264 Å². The molecule has 0 aliphatic carbocycles. The number of halogens is 2. The summed E-state index contributed by atoms with van der Waals surface area (Å²) < 4.78 is 58.8. The number of phosphoric ester groups is 1. The van der Waals surface area contributed by atoms with Gasteiger partial charge in [0, 0.05) is 28.5 Å². The highest BCUT2D eigenvalue weighted by molar-refractivity contribution is 7.46. The number of para-hydroxylation sites is 1. The standard InChI is InChI=1S/C30H24F2N5O7PS/c1-19(28-36-26(14-46-28)21-8-6-20(13-33)7-9-21)30(15-37-17-34-16-35-37,24-11-10-22(31)12-25(24)32)43-18-42-29(38)23-4-2-3-5-27(23)44-45(39,40)41/h2-12,14,16-17,19H,15,18H2,1H3,(H2,39,40,41)/t19-,30?/m0/s1. The molecule has 2 heterocycles. The van der Waals surface area contributed by atoms with Crippen LogP contribution in [-0.4, -0.2) is 42.3 Å². The van der Waals surface area contributed by atoms with E-state index in [0.29, 0.717) is 22.3 Å². The Hall–Kier alpha value is -4.84. The maximum Gasteiger partial charge on any atom is 0.524 e. The van der Waals surface area contributed by atoms with Gasteiger partial charge in [0.1, 0.15) is 41.2 Å². The van der Waals surface area contributed by atoms with E-state index in [-0.39, 0.29) is 17.7 Å². The van der Waals surface area contributed by atoms with Gasteiger partial charge >= 0.3 is 13.8 Å². The fourth-order valence-electron chi connectivity index (χ4n) is 4.73. The summed E-state index contributed by atoms with van der Waals surface area (Å²) in [6.07, 6.45) is 2.64. The van der Waals surface area contributed by atoms with E-state index in [0.717, 1.165) is 11.6 Å². The van der Waals surface area contributed by atoms with Crippen molar-refractivity contribution >= 4 is 25.1 Å². The Balaban J connectivity index is 1.52. The molecular formula is C30H24F2N5O7PS. The molecule has 2 aromatic heterocycles. The molecule has 0 saturated carbocycles. The Morgan fingerprint density at radius 2 is 1.91 bits per heavy atom. The molecule has 0 amide bonds. The van der Waals surface area contributed by atoms with Gasteiger partial charge in [0.05, 0.1) is 28.9 Å². The minimum Gasteiger partial charge on any atom is -0.435 e. The summed E-state index contributed by atoms with van der Waals surface area (Å²) in [6.45, 7) is 0.747. The lowest BCUT2D eigenvalue weighted by Gasteiger charge is -2.38. The van der Waals surface area contributed by atoms with Crippen LogP contribution >= 0.6 is 19.2 Å². The molecule has 0 radical (unpaired) electrons. The topological polar surface area (TPSA) is 170 Å². The number of nitrogens with zero attached hydrogens (tertiary/aromatic N) is 5. The predicted octanol–water partition coefficient (Wildman–Crippen LogP) is 5.55. The van der Waals surface area contributed by atoms with Crippen molar-refractivity contribution in [3.8, 4) is 23.1 Å². The van der Waals surface area contributed by atoms with E-state index in [9.17, 15) is 23.5 Å². The van der Waals surface area contributed by atoms with E-state index in [4.69, 9.17) is 19.7 Å². The van der Waals surface area contributed by atoms with Crippen molar-refractivity contribution in [3.05, 3.63) is 118 Å². The van der Waals surface area contributed by atoms with E-state index in [2.05, 4.69) is 20.7 Å². The highest BCUT2D eigenvalue weighted by atomic mass is 32.1. The summed E-state index contributed by atoms with van der Waals surface area (Å²) in [5.74, 6) is -4.02. The molecule has 2 N–H and O–H groups in total. The summed E-state index contributed by atoms with van der Waals surface area (Å²) in [7, 11) is -5.01. The fourth-order valence-corrected chi connectivity index (χ4v) is 6.12. The first-order valence-corrected chi connectivity index (χ1v) is 15.8. The van der Waals surface area contributed by atoms with Crippen LogP contribution in [0.25, 0.3) is 11.3 Å². The number of rotatable bonds is 12. The van der Waals surface area contributed by atoms with Crippen molar-refractivity contribution in [1.29, 1.82) is 5.26 Å². The van der Waals surface area contributed by atoms with Crippen LogP contribution in [-0.2, 0) is 26.2 Å². The average molecular weight is 668 g/mol. The van der Waals surface area contributed by atoms with Crippen LogP contribution in [0.3, 0.4) is 0 Å². The number of hydrogen-bond acceptors (Lipinski definition) is 10. The Bertz CT molecular complexity index is 1930. The molecule has 0 fully saturated rings. The maximum atomic E-state index is 15.6. The lowest BCUT2D eigenvalue weighted by molar-refractivity contribution is -0.148. The van der Waals surface area contributed by atoms with Gasteiger partial charge in [-0.1, -0.05) is 37.3 Å². The number of carbonyl (C=O) groups excluding carboxylic acids is 1. The van der Waals surface area contributed by atoms with Gasteiger partial charge in [-0.2, -0.15) is 10.4 Å². The Kier molecular flexibility index (Phi) is 9.66. The van der Waals surface area contributed by atoms with Crippen LogP contribution in [0, 0.1) is 23.0 Å². The molecule has 2 atom stereocenters. The fraction of sp³-hybridized carbons (Fsp3) is 0.167. The quantitative estimate of drug-likeness (QED) is 0.0971. The normalized spacial score (nSPS) is 13.4. The molecule has 5 aromatic rings. The van der Waals surface area contributed by atoms with Gasteiger partial charge in [-0.25, -0.2) is 32.8 Å². The molecular weight excluding hydrogens is 643 g/mol. The lowest BCUT2D eigenvalue weighted by atomic mass is 9.81.